The van der Waals surface area contributed by atoms with Crippen LogP contribution in [0, 0.1) is 5.41 Å². The van der Waals surface area contributed by atoms with Gasteiger partial charge in [0.25, 0.3) is 0 Å². The summed E-state index contributed by atoms with van der Waals surface area (Å²) in [5, 5.41) is 12.6. The molecule has 0 saturated heterocycles. The van der Waals surface area contributed by atoms with Gasteiger partial charge in [-0.15, -0.1) is 0 Å². The molecule has 0 aromatic rings. The molecule has 0 aliphatic carbocycles. The molecule has 0 fully saturated rings. The van der Waals surface area contributed by atoms with Gasteiger partial charge >= 0.3 is 0 Å². The highest BCUT2D eigenvalue weighted by molar-refractivity contribution is 5.81. The van der Waals surface area contributed by atoms with E-state index in [-0.39, 0.29) is 17.2 Å². The molecular weight excluding hydrogens is 368 g/mol. The second kappa shape index (κ2) is 17.6. The lowest BCUT2D eigenvalue weighted by atomic mass is 9.95. The Morgan fingerprint density at radius 2 is 1.28 bits per heavy atom. The first-order valence-corrected chi connectivity index (χ1v) is 11.2. The SMILES string of the molecule is CC(C)(C)C(=O)NCCCC[C@H](N)C(=O)NCCCNCCCCNCCCN. The Morgan fingerprint density at radius 1 is 0.759 bits per heavy atom. The van der Waals surface area contributed by atoms with E-state index in [2.05, 4.69) is 21.3 Å². The van der Waals surface area contributed by atoms with E-state index >= 15 is 0 Å². The zero-order valence-electron chi connectivity index (χ0n) is 18.9. The highest BCUT2D eigenvalue weighted by Crippen LogP contribution is 2.12. The van der Waals surface area contributed by atoms with E-state index in [4.69, 9.17) is 11.5 Å². The number of nitrogens with two attached hydrogens (primary N) is 2. The van der Waals surface area contributed by atoms with Crippen LogP contribution in [0.25, 0.3) is 0 Å². The zero-order valence-corrected chi connectivity index (χ0v) is 18.9. The molecule has 0 radical (unpaired) electrons. The molecule has 0 spiro atoms. The Morgan fingerprint density at radius 3 is 1.86 bits per heavy atom. The fourth-order valence-corrected chi connectivity index (χ4v) is 2.62. The molecule has 1 atom stereocenters. The number of unbranched alkanes of at least 4 members (excludes halogenated alkanes) is 2. The van der Waals surface area contributed by atoms with Crippen LogP contribution in [0.3, 0.4) is 0 Å². The lowest BCUT2D eigenvalue weighted by Gasteiger charge is -2.17. The molecule has 0 aliphatic heterocycles. The van der Waals surface area contributed by atoms with Crippen LogP contribution in [0.1, 0.15) is 65.7 Å². The summed E-state index contributed by atoms with van der Waals surface area (Å²) in [7, 11) is 0. The second-order valence-electron chi connectivity index (χ2n) is 8.60. The maximum atomic E-state index is 12.0. The van der Waals surface area contributed by atoms with Crippen LogP contribution in [0.5, 0.6) is 0 Å². The van der Waals surface area contributed by atoms with Crippen molar-refractivity contribution in [3.63, 3.8) is 0 Å². The third-order valence-electron chi connectivity index (χ3n) is 4.59. The Hall–Kier alpha value is -1.22. The molecule has 0 aromatic heterocycles. The third-order valence-corrected chi connectivity index (χ3v) is 4.59. The van der Waals surface area contributed by atoms with Crippen LogP contribution >= 0.6 is 0 Å². The van der Waals surface area contributed by atoms with Gasteiger partial charge in [0.1, 0.15) is 0 Å². The zero-order chi connectivity index (χ0) is 22.0. The van der Waals surface area contributed by atoms with Crippen LogP contribution < -0.4 is 32.7 Å². The van der Waals surface area contributed by atoms with Crippen molar-refractivity contribution in [3.8, 4) is 0 Å². The van der Waals surface area contributed by atoms with Crippen LogP contribution in [0.4, 0.5) is 0 Å². The normalized spacial score (nSPS) is 12.6. The van der Waals surface area contributed by atoms with Gasteiger partial charge in [-0.2, -0.15) is 0 Å². The molecule has 8 nitrogen and oxygen atoms in total. The summed E-state index contributed by atoms with van der Waals surface area (Å²) in [5.74, 6) is -0.0420. The molecule has 8 N–H and O–H groups in total. The van der Waals surface area contributed by atoms with Crippen molar-refractivity contribution in [1.82, 2.24) is 21.3 Å². The maximum Gasteiger partial charge on any atom is 0.236 e. The number of rotatable bonds is 18. The Bertz CT molecular complexity index is 426. The Labute approximate surface area is 177 Å². The summed E-state index contributed by atoms with van der Waals surface area (Å²) in [5.41, 5.74) is 11.0. The van der Waals surface area contributed by atoms with E-state index in [0.29, 0.717) is 19.5 Å². The van der Waals surface area contributed by atoms with Gasteiger partial charge in [-0.3, -0.25) is 9.59 Å². The van der Waals surface area contributed by atoms with Gasteiger partial charge < -0.3 is 32.7 Å². The number of carbonyl (C=O) groups is 2. The molecule has 0 bridgehead atoms. The smallest absolute Gasteiger partial charge is 0.236 e. The van der Waals surface area contributed by atoms with E-state index < -0.39 is 6.04 Å². The number of hydrogen-bond acceptors (Lipinski definition) is 6. The van der Waals surface area contributed by atoms with E-state index in [1.807, 2.05) is 20.8 Å². The molecule has 0 rings (SSSR count). The molecule has 2 amide bonds. The van der Waals surface area contributed by atoms with Crippen LogP contribution in [0.15, 0.2) is 0 Å². The van der Waals surface area contributed by atoms with Gasteiger partial charge in [0.2, 0.25) is 11.8 Å². The summed E-state index contributed by atoms with van der Waals surface area (Å²) in [4.78, 5) is 23.7. The standard InChI is InChI=1S/C21H46N6O2/c1-21(2,3)20(29)27-16-5-4-10-18(23)19(28)26-17-9-15-25-13-7-6-12-24-14-8-11-22/h18,24-25H,4-17,22-23H2,1-3H3,(H,26,28)(H,27,29)/t18-/m0/s1. The number of amides is 2. The molecule has 172 valence electrons. The van der Waals surface area contributed by atoms with Gasteiger partial charge in [-0.25, -0.2) is 0 Å². The van der Waals surface area contributed by atoms with Crippen molar-refractivity contribution in [2.24, 2.45) is 16.9 Å². The highest BCUT2D eigenvalue weighted by Gasteiger charge is 2.20. The molecular formula is C21H46N6O2. The van der Waals surface area contributed by atoms with Crippen molar-refractivity contribution in [2.45, 2.75) is 71.8 Å². The van der Waals surface area contributed by atoms with Crippen molar-refractivity contribution < 1.29 is 9.59 Å². The van der Waals surface area contributed by atoms with Crippen LogP contribution in [0.2, 0.25) is 0 Å². The predicted octanol–water partition coefficient (Wildman–Crippen LogP) is 0.461. The van der Waals surface area contributed by atoms with E-state index in [9.17, 15) is 9.59 Å². The summed E-state index contributed by atoms with van der Waals surface area (Å²) in [6, 6.07) is -0.479. The third kappa shape index (κ3) is 17.4. The van der Waals surface area contributed by atoms with Gasteiger partial charge in [0.15, 0.2) is 0 Å². The van der Waals surface area contributed by atoms with Crippen molar-refractivity contribution in [1.29, 1.82) is 0 Å². The van der Waals surface area contributed by atoms with Gasteiger partial charge in [0.05, 0.1) is 6.04 Å². The number of hydrogen-bond donors (Lipinski definition) is 6. The van der Waals surface area contributed by atoms with Gasteiger partial charge in [-0.1, -0.05) is 20.8 Å². The van der Waals surface area contributed by atoms with Crippen molar-refractivity contribution >= 4 is 11.8 Å². The lowest BCUT2D eigenvalue weighted by molar-refractivity contribution is -0.128. The molecule has 29 heavy (non-hydrogen) atoms. The summed E-state index contributed by atoms with van der Waals surface area (Å²) < 4.78 is 0. The summed E-state index contributed by atoms with van der Waals surface area (Å²) >= 11 is 0. The molecule has 0 saturated carbocycles. The average Bonchev–Trinajstić information content (AvgIpc) is 2.67. The Kier molecular flexibility index (Phi) is 16.9. The van der Waals surface area contributed by atoms with Crippen LogP contribution in [-0.2, 0) is 9.59 Å². The fourth-order valence-electron chi connectivity index (χ4n) is 2.62. The van der Waals surface area contributed by atoms with E-state index in [0.717, 1.165) is 71.2 Å². The molecule has 0 unspecified atom stereocenters. The fraction of sp³-hybridized carbons (Fsp3) is 0.905. The van der Waals surface area contributed by atoms with Crippen molar-refractivity contribution in [2.75, 3.05) is 45.8 Å². The lowest BCUT2D eigenvalue weighted by Crippen LogP contribution is -2.41. The maximum absolute atomic E-state index is 12.0. The summed E-state index contributed by atoms with van der Waals surface area (Å²) in [6.07, 6.45) is 6.51. The first kappa shape index (κ1) is 27.8. The molecule has 0 aromatic carbocycles. The van der Waals surface area contributed by atoms with E-state index in [1.54, 1.807) is 0 Å². The first-order valence-electron chi connectivity index (χ1n) is 11.2. The molecule has 8 heteroatoms. The van der Waals surface area contributed by atoms with Crippen LogP contribution in [-0.4, -0.2) is 63.7 Å². The largest absolute Gasteiger partial charge is 0.356 e. The predicted molar refractivity (Wildman–Crippen MR) is 121 cm³/mol. The second-order valence-corrected chi connectivity index (χ2v) is 8.60. The highest BCUT2D eigenvalue weighted by atomic mass is 16.2. The molecule has 0 heterocycles. The summed E-state index contributed by atoms with van der Waals surface area (Å²) in [6.45, 7) is 11.6. The average molecular weight is 415 g/mol. The molecule has 0 aliphatic rings. The quantitative estimate of drug-likeness (QED) is 0.180. The number of carbonyl (C=O) groups excluding carboxylic acids is 2. The first-order chi connectivity index (χ1) is 13.8. The minimum Gasteiger partial charge on any atom is -0.356 e. The minimum atomic E-state index is -0.479. The number of nitrogens with one attached hydrogen (secondary N) is 4. The Balaban J connectivity index is 3.46. The van der Waals surface area contributed by atoms with E-state index in [1.165, 1.54) is 0 Å². The monoisotopic (exact) mass is 414 g/mol. The topological polar surface area (TPSA) is 134 Å². The van der Waals surface area contributed by atoms with Gasteiger partial charge in [-0.05, 0) is 77.7 Å². The van der Waals surface area contributed by atoms with Crippen molar-refractivity contribution in [3.05, 3.63) is 0 Å². The van der Waals surface area contributed by atoms with Gasteiger partial charge in [0, 0.05) is 18.5 Å². The minimum absolute atomic E-state index is 0.0485.